The summed E-state index contributed by atoms with van der Waals surface area (Å²) in [7, 11) is 0. The van der Waals surface area contributed by atoms with Crippen molar-refractivity contribution in [2.24, 2.45) is 4.99 Å². The van der Waals surface area contributed by atoms with E-state index in [9.17, 15) is 5.11 Å². The van der Waals surface area contributed by atoms with Gasteiger partial charge in [-0.25, -0.2) is 0 Å². The van der Waals surface area contributed by atoms with Crippen LogP contribution in [0.5, 0.6) is 5.75 Å². The minimum atomic E-state index is -3.63. The summed E-state index contributed by atoms with van der Waals surface area (Å²) in [6.45, 7) is 0. The zero-order chi connectivity index (χ0) is 25.0. The number of nitrogens with zero attached hydrogens (tertiary/aromatic N) is 1. The summed E-state index contributed by atoms with van der Waals surface area (Å²) in [6.07, 6.45) is 1.88. The van der Waals surface area contributed by atoms with Crippen LogP contribution >= 0.6 is 23.2 Å². The Morgan fingerprint density at radius 1 is 0.583 bits per heavy atom. The van der Waals surface area contributed by atoms with Gasteiger partial charge < -0.3 is 0 Å². The number of rotatable bonds is 6. The van der Waals surface area contributed by atoms with Gasteiger partial charge in [0.2, 0.25) is 0 Å². The molecular weight excluding hydrogens is 595 g/mol. The molecule has 5 rings (SSSR count). The molecule has 36 heavy (non-hydrogen) atoms. The normalized spacial score (nSPS) is 11.6. The molecule has 2 nitrogen and oxygen atoms in total. The van der Waals surface area contributed by atoms with Crippen molar-refractivity contribution in [1.29, 1.82) is 0 Å². The number of hydrogen-bond donors (Lipinski definition) is 1. The van der Waals surface area contributed by atoms with Gasteiger partial charge in [-0.15, -0.1) is 0 Å². The van der Waals surface area contributed by atoms with Gasteiger partial charge >= 0.3 is 227 Å². The summed E-state index contributed by atoms with van der Waals surface area (Å²) < 4.78 is 5.35. The maximum atomic E-state index is 9.94. The molecule has 176 valence electrons. The van der Waals surface area contributed by atoms with E-state index in [-0.39, 0.29) is 15.8 Å². The maximum absolute atomic E-state index is 9.94. The third-order valence-corrected chi connectivity index (χ3v) is 19.1. The van der Waals surface area contributed by atoms with Gasteiger partial charge in [-0.2, -0.15) is 0 Å². The first-order valence-electron chi connectivity index (χ1n) is 11.5. The van der Waals surface area contributed by atoms with Crippen LogP contribution < -0.4 is 14.0 Å². The van der Waals surface area contributed by atoms with Crippen molar-refractivity contribution in [2.75, 3.05) is 0 Å². The summed E-state index contributed by atoms with van der Waals surface area (Å²) in [5.41, 5.74) is 1.62. The van der Waals surface area contributed by atoms with E-state index in [1.807, 2.05) is 12.3 Å². The van der Waals surface area contributed by atoms with Gasteiger partial charge in [0.25, 0.3) is 0 Å². The number of benzene rings is 5. The quantitative estimate of drug-likeness (QED) is 0.189. The first kappa shape index (κ1) is 24.7. The van der Waals surface area contributed by atoms with Gasteiger partial charge in [0.15, 0.2) is 0 Å². The van der Waals surface area contributed by atoms with E-state index < -0.39 is 18.8 Å². The summed E-state index contributed by atoms with van der Waals surface area (Å²) in [5, 5.41) is 10.3. The fraction of sp³-hybridized carbons (Fsp3) is 0. The van der Waals surface area contributed by atoms with E-state index in [1.165, 1.54) is 14.0 Å². The molecule has 0 bridgehead atoms. The van der Waals surface area contributed by atoms with Crippen molar-refractivity contribution in [2.45, 2.75) is 0 Å². The molecule has 0 saturated heterocycles. The molecule has 0 saturated carbocycles. The number of halogens is 2. The second-order valence-corrected chi connectivity index (χ2v) is 18.7. The molecule has 0 aliphatic heterocycles. The molecule has 5 aromatic rings. The molecule has 0 aliphatic rings. The summed E-state index contributed by atoms with van der Waals surface area (Å²) in [6, 6.07) is 44.3. The Morgan fingerprint density at radius 2 is 1.00 bits per heavy atom. The SMILES string of the molecule is Oc1c(Cl)cc(N=Cc2cccc[c]2[Sb+]([c]2ccccc2)([c]2ccccc2)[c]2ccccc2)cc1Cl. The van der Waals surface area contributed by atoms with Crippen LogP contribution in [0.3, 0.4) is 0 Å². The van der Waals surface area contributed by atoms with Crippen LogP contribution in [0.2, 0.25) is 10.0 Å². The molecule has 0 aromatic heterocycles. The zero-order valence-corrected chi connectivity index (χ0v) is 23.4. The Bertz CT molecular complexity index is 1390. The number of aliphatic imine (C=N–C) groups is 1. The first-order valence-corrected chi connectivity index (χ1v) is 17.3. The monoisotopic (exact) mass is 616 g/mol. The van der Waals surface area contributed by atoms with Crippen LogP contribution in [0.15, 0.2) is 132 Å². The summed E-state index contributed by atoms with van der Waals surface area (Å²) in [4.78, 5) is 4.72. The van der Waals surface area contributed by atoms with Gasteiger partial charge in [0.05, 0.1) is 0 Å². The van der Waals surface area contributed by atoms with Crippen LogP contribution in [-0.2, 0) is 0 Å². The Balaban J connectivity index is 1.79. The number of aromatic hydroxyl groups is 1. The molecule has 0 atom stereocenters. The van der Waals surface area contributed by atoms with Crippen molar-refractivity contribution in [3.8, 4) is 5.75 Å². The van der Waals surface area contributed by atoms with E-state index in [1.54, 1.807) is 12.1 Å². The van der Waals surface area contributed by atoms with Gasteiger partial charge in [0, 0.05) is 0 Å². The van der Waals surface area contributed by atoms with Crippen LogP contribution in [0, 0.1) is 0 Å². The molecule has 5 aromatic carbocycles. The Kier molecular flexibility index (Phi) is 7.48. The predicted molar refractivity (Wildman–Crippen MR) is 155 cm³/mol. The van der Waals surface area contributed by atoms with Gasteiger partial charge in [-0.3, -0.25) is 0 Å². The number of hydrogen-bond acceptors (Lipinski definition) is 2. The zero-order valence-electron chi connectivity index (χ0n) is 19.3. The van der Waals surface area contributed by atoms with Crippen molar-refractivity contribution >= 4 is 67.9 Å². The standard InChI is InChI=1S/C13H8Cl2NO.3C6H5.Sb/c14-11-6-10(7-12(15)13(11)17)16-8-9-4-2-1-3-5-9;3*1-2-4-6-5-3-1;/h1-4,6-8,17H;3*1-5H;/q;;;;+1. The van der Waals surface area contributed by atoms with Crippen LogP contribution in [0.1, 0.15) is 5.56 Å². The van der Waals surface area contributed by atoms with Crippen molar-refractivity contribution in [1.82, 2.24) is 0 Å². The Morgan fingerprint density at radius 3 is 1.47 bits per heavy atom. The molecule has 5 heteroatoms. The fourth-order valence-electron chi connectivity index (χ4n) is 4.49. The molecule has 0 radical (unpaired) electrons. The van der Waals surface area contributed by atoms with Crippen molar-refractivity contribution in [3.63, 3.8) is 0 Å². The number of phenols is 1. The van der Waals surface area contributed by atoms with E-state index in [0.29, 0.717) is 5.69 Å². The predicted octanol–water partition coefficient (Wildman–Crippen LogP) is 5.83. The Labute approximate surface area is 225 Å². The van der Waals surface area contributed by atoms with E-state index in [0.717, 1.165) is 5.56 Å². The number of phenolic OH excluding ortho intramolecular Hbond substituents is 1. The first-order chi connectivity index (χ1) is 17.6. The molecule has 0 amide bonds. The summed E-state index contributed by atoms with van der Waals surface area (Å²) in [5.74, 6) is -0.135. The van der Waals surface area contributed by atoms with Crippen molar-refractivity contribution < 1.29 is 5.11 Å². The fourth-order valence-corrected chi connectivity index (χ4v) is 17.6. The van der Waals surface area contributed by atoms with Crippen molar-refractivity contribution in [3.05, 3.63) is 143 Å². The Hall–Kier alpha value is -3.03. The third kappa shape index (κ3) is 4.69. The second-order valence-electron chi connectivity index (χ2n) is 8.25. The third-order valence-electron chi connectivity index (χ3n) is 6.08. The molecule has 0 spiro atoms. The van der Waals surface area contributed by atoms with Gasteiger partial charge in [-0.05, 0) is 0 Å². The average molecular weight is 618 g/mol. The van der Waals surface area contributed by atoms with Gasteiger partial charge in [-0.1, -0.05) is 0 Å². The van der Waals surface area contributed by atoms with E-state index in [2.05, 4.69) is 109 Å². The van der Waals surface area contributed by atoms with Crippen LogP contribution in [0.25, 0.3) is 0 Å². The van der Waals surface area contributed by atoms with E-state index in [4.69, 9.17) is 28.2 Å². The molecule has 0 heterocycles. The topological polar surface area (TPSA) is 32.6 Å². The minimum absolute atomic E-state index is 0.135. The summed E-state index contributed by atoms with van der Waals surface area (Å²) >= 11 is 8.67. The molecule has 0 aliphatic carbocycles. The van der Waals surface area contributed by atoms with Gasteiger partial charge in [0.1, 0.15) is 0 Å². The molecule has 0 unspecified atom stereocenters. The average Bonchev–Trinajstić information content (AvgIpc) is 2.93. The van der Waals surface area contributed by atoms with Crippen LogP contribution in [-0.4, -0.2) is 30.1 Å². The molecule has 1 N–H and O–H groups in total. The second kappa shape index (κ2) is 10.9. The molecular formula is C31H23Cl2NOSb+. The molecule has 0 fully saturated rings. The van der Waals surface area contributed by atoms with Crippen LogP contribution in [0.4, 0.5) is 5.69 Å². The van der Waals surface area contributed by atoms with E-state index >= 15 is 0 Å².